The maximum atomic E-state index is 11.6. The van der Waals surface area contributed by atoms with Crippen molar-refractivity contribution in [2.24, 2.45) is 4.40 Å². The molecular weight excluding hydrogens is 234 g/mol. The maximum absolute atomic E-state index is 11.6. The van der Waals surface area contributed by atoms with Crippen LogP contribution in [-0.2, 0) is 17.4 Å². The first-order chi connectivity index (χ1) is 7.93. The molecule has 0 spiro atoms. The van der Waals surface area contributed by atoms with Gasteiger partial charge in [-0.25, -0.2) is 4.21 Å². The molecule has 0 heterocycles. The molecule has 0 aliphatic carbocycles. The van der Waals surface area contributed by atoms with Crippen molar-refractivity contribution in [2.45, 2.75) is 31.9 Å². The molecule has 0 amide bonds. The minimum absolute atomic E-state index is 0.295. The minimum atomic E-state index is -1.17. The third-order valence-corrected chi connectivity index (χ3v) is 3.57. The second kappa shape index (κ2) is 5.96. The molecule has 0 aromatic heterocycles. The predicted molar refractivity (Wildman–Crippen MR) is 73.1 cm³/mol. The van der Waals surface area contributed by atoms with Gasteiger partial charge in [0.15, 0.2) is 0 Å². The lowest BCUT2D eigenvalue weighted by molar-refractivity contribution is 0.414. The zero-order valence-electron chi connectivity index (χ0n) is 10.8. The van der Waals surface area contributed by atoms with E-state index in [9.17, 15) is 4.21 Å². The number of methoxy groups -OCH3 is 1. The molecule has 0 saturated heterocycles. The third-order valence-electron chi connectivity index (χ3n) is 2.18. The van der Waals surface area contributed by atoms with Crippen LogP contribution in [0, 0.1) is 0 Å². The van der Waals surface area contributed by atoms with Crippen molar-refractivity contribution in [3.63, 3.8) is 0 Å². The van der Waals surface area contributed by atoms with E-state index in [2.05, 4.69) is 4.40 Å². The lowest BCUT2D eigenvalue weighted by atomic mass is 10.2. The number of benzene rings is 1. The fraction of sp³-hybridized carbons (Fsp3) is 0.462. The lowest BCUT2D eigenvalue weighted by Crippen LogP contribution is -2.19. The van der Waals surface area contributed by atoms with E-state index in [0.717, 1.165) is 11.3 Å². The Morgan fingerprint density at radius 1 is 1.29 bits per heavy atom. The van der Waals surface area contributed by atoms with Crippen LogP contribution in [0.4, 0.5) is 0 Å². The van der Waals surface area contributed by atoms with Crippen LogP contribution in [0.2, 0.25) is 0 Å². The Morgan fingerprint density at radius 2 is 1.88 bits per heavy atom. The summed E-state index contributed by atoms with van der Waals surface area (Å²) in [6.45, 7) is 5.73. The molecule has 1 rings (SSSR count). The SMILES string of the molecule is COc1ccc(C/C=N/[S@](=O)C(C)(C)C)cc1. The Hall–Kier alpha value is -1.16. The summed E-state index contributed by atoms with van der Waals surface area (Å²) in [6.07, 6.45) is 2.40. The van der Waals surface area contributed by atoms with Gasteiger partial charge in [0.25, 0.3) is 0 Å². The second-order valence-electron chi connectivity index (χ2n) is 4.70. The van der Waals surface area contributed by atoms with Gasteiger partial charge in [-0.1, -0.05) is 12.1 Å². The monoisotopic (exact) mass is 253 g/mol. The Labute approximate surface area is 106 Å². The molecule has 0 radical (unpaired) electrons. The first kappa shape index (κ1) is 13.9. The molecule has 0 aliphatic heterocycles. The van der Waals surface area contributed by atoms with E-state index in [0.29, 0.717) is 6.42 Å². The number of rotatable bonds is 4. The van der Waals surface area contributed by atoms with E-state index >= 15 is 0 Å². The summed E-state index contributed by atoms with van der Waals surface area (Å²) < 4.78 is 20.5. The molecular formula is C13H19NO2S. The first-order valence-electron chi connectivity index (χ1n) is 5.51. The van der Waals surface area contributed by atoms with Gasteiger partial charge in [0, 0.05) is 12.6 Å². The summed E-state index contributed by atoms with van der Waals surface area (Å²) in [5.41, 5.74) is 1.13. The molecule has 1 aromatic rings. The molecule has 0 bridgehead atoms. The van der Waals surface area contributed by atoms with E-state index in [1.165, 1.54) is 0 Å². The fourth-order valence-corrected chi connectivity index (χ4v) is 1.66. The third kappa shape index (κ3) is 4.69. The molecule has 0 N–H and O–H groups in total. The summed E-state index contributed by atoms with van der Waals surface area (Å²) in [5, 5.41) is 0. The van der Waals surface area contributed by atoms with Gasteiger partial charge >= 0.3 is 0 Å². The predicted octanol–water partition coefficient (Wildman–Crippen LogP) is 2.77. The second-order valence-corrected chi connectivity index (χ2v) is 6.64. The largest absolute Gasteiger partial charge is 0.497 e. The minimum Gasteiger partial charge on any atom is -0.497 e. The van der Waals surface area contributed by atoms with E-state index in [4.69, 9.17) is 4.74 Å². The van der Waals surface area contributed by atoms with Gasteiger partial charge in [-0.2, -0.15) is 4.40 Å². The van der Waals surface area contributed by atoms with Crippen LogP contribution in [0.25, 0.3) is 0 Å². The Kier molecular flexibility index (Phi) is 4.87. The quantitative estimate of drug-likeness (QED) is 0.774. The smallest absolute Gasteiger partial charge is 0.144 e. The molecule has 0 saturated carbocycles. The van der Waals surface area contributed by atoms with Crippen molar-refractivity contribution in [1.82, 2.24) is 0 Å². The highest BCUT2D eigenvalue weighted by atomic mass is 32.2. The molecule has 0 fully saturated rings. The molecule has 1 atom stereocenters. The van der Waals surface area contributed by atoms with Crippen molar-refractivity contribution in [3.8, 4) is 5.75 Å². The van der Waals surface area contributed by atoms with Crippen molar-refractivity contribution in [3.05, 3.63) is 29.8 Å². The normalized spacial score (nSPS) is 13.9. The van der Waals surface area contributed by atoms with Crippen LogP contribution in [0.1, 0.15) is 26.3 Å². The molecule has 17 heavy (non-hydrogen) atoms. The van der Waals surface area contributed by atoms with E-state index in [1.54, 1.807) is 13.3 Å². The Bertz CT molecular complexity index is 404. The van der Waals surface area contributed by atoms with E-state index in [-0.39, 0.29) is 4.75 Å². The van der Waals surface area contributed by atoms with Gasteiger partial charge in [-0.05, 0) is 38.5 Å². The van der Waals surface area contributed by atoms with Gasteiger partial charge in [-0.3, -0.25) is 0 Å². The summed E-state index contributed by atoms with van der Waals surface area (Å²) >= 11 is 0. The van der Waals surface area contributed by atoms with Crippen LogP contribution in [0.15, 0.2) is 28.7 Å². The molecule has 0 unspecified atom stereocenters. The van der Waals surface area contributed by atoms with Gasteiger partial charge < -0.3 is 4.74 Å². The lowest BCUT2D eigenvalue weighted by Gasteiger charge is -2.12. The van der Waals surface area contributed by atoms with Gasteiger partial charge in [0.05, 0.1) is 11.9 Å². The average molecular weight is 253 g/mol. The average Bonchev–Trinajstić information content (AvgIpc) is 2.28. The highest BCUT2D eigenvalue weighted by molar-refractivity contribution is 7.85. The van der Waals surface area contributed by atoms with Gasteiger partial charge in [0.1, 0.15) is 16.7 Å². The number of hydrogen-bond acceptors (Lipinski definition) is 2. The van der Waals surface area contributed by atoms with Crippen molar-refractivity contribution in [1.29, 1.82) is 0 Å². The van der Waals surface area contributed by atoms with Crippen molar-refractivity contribution >= 4 is 17.2 Å². The maximum Gasteiger partial charge on any atom is 0.144 e. The van der Waals surface area contributed by atoms with Gasteiger partial charge in [-0.15, -0.1) is 0 Å². The zero-order chi connectivity index (χ0) is 12.9. The summed E-state index contributed by atoms with van der Waals surface area (Å²) in [6, 6.07) is 7.77. The summed E-state index contributed by atoms with van der Waals surface area (Å²) in [5.74, 6) is 0.837. The van der Waals surface area contributed by atoms with E-state index in [1.807, 2.05) is 45.0 Å². The highest BCUT2D eigenvalue weighted by Crippen LogP contribution is 2.13. The molecule has 94 valence electrons. The van der Waals surface area contributed by atoms with Crippen LogP contribution in [0.5, 0.6) is 5.75 Å². The van der Waals surface area contributed by atoms with Gasteiger partial charge in [0.2, 0.25) is 0 Å². The number of nitrogens with zero attached hydrogens (tertiary/aromatic N) is 1. The topological polar surface area (TPSA) is 38.7 Å². The first-order valence-corrected chi connectivity index (χ1v) is 6.61. The van der Waals surface area contributed by atoms with Crippen LogP contribution in [-0.4, -0.2) is 22.3 Å². The standard InChI is InChI=1S/C13H19NO2S/c1-13(2,3)17(15)14-10-9-11-5-7-12(16-4)8-6-11/h5-8,10H,9H2,1-4H3/b14-10+/t17-/m1/s1. The number of hydrogen-bond donors (Lipinski definition) is 0. The molecule has 4 heteroatoms. The van der Waals surface area contributed by atoms with Crippen molar-refractivity contribution < 1.29 is 8.95 Å². The fourth-order valence-electron chi connectivity index (χ4n) is 1.13. The Balaban J connectivity index is 2.55. The molecule has 3 nitrogen and oxygen atoms in total. The number of ether oxygens (including phenoxy) is 1. The van der Waals surface area contributed by atoms with Crippen LogP contribution < -0.4 is 4.74 Å². The molecule has 1 aromatic carbocycles. The zero-order valence-corrected chi connectivity index (χ0v) is 11.6. The van der Waals surface area contributed by atoms with Crippen LogP contribution >= 0.6 is 0 Å². The molecule has 0 aliphatic rings. The summed E-state index contributed by atoms with van der Waals surface area (Å²) in [4.78, 5) is 0. The van der Waals surface area contributed by atoms with Crippen molar-refractivity contribution in [2.75, 3.05) is 7.11 Å². The van der Waals surface area contributed by atoms with E-state index < -0.39 is 11.0 Å². The summed E-state index contributed by atoms with van der Waals surface area (Å²) in [7, 11) is 0.470. The Morgan fingerprint density at radius 3 is 2.35 bits per heavy atom. The highest BCUT2D eigenvalue weighted by Gasteiger charge is 2.17. The van der Waals surface area contributed by atoms with Crippen LogP contribution in [0.3, 0.4) is 0 Å².